The molecular weight excluding hydrogens is 457 g/mol. The summed E-state index contributed by atoms with van der Waals surface area (Å²) in [4.78, 5) is 29.2. The number of carbonyl (C=O) groups excluding carboxylic acids is 1. The number of rotatable bonds is 3. The monoisotopic (exact) mass is 473 g/mol. The number of anilines is 1. The number of benzene rings is 2. The van der Waals surface area contributed by atoms with Crippen LogP contribution in [0.4, 0.5) is 33.6 Å². The van der Waals surface area contributed by atoms with Crippen LogP contribution in [0.5, 0.6) is 0 Å². The number of ketones is 1. The number of hydrogen-bond donors (Lipinski definition) is 1. The molecule has 1 N–H and O–H groups in total. The van der Waals surface area contributed by atoms with E-state index in [-0.39, 0.29) is 46.0 Å². The van der Waals surface area contributed by atoms with Crippen LogP contribution in [0.15, 0.2) is 41.4 Å². The van der Waals surface area contributed by atoms with Crippen LogP contribution in [0, 0.1) is 11.6 Å². The minimum Gasteiger partial charge on any atom is -0.337 e. The standard InChI is InChI=1S/C23H16F5N5O/c24-11-9-14-18(16(25)10-11)29-21(14)33-22-31-19(12-5-1-3-7-15(12)23(26,27)28)30-20(32-22)13-6-2-4-8-17(13)34/h1,3,5,7,9-10,13H,2,4,6,8H2,(H,29,30,31,32,33). The van der Waals surface area contributed by atoms with Crippen LogP contribution in [-0.2, 0) is 11.0 Å². The summed E-state index contributed by atoms with van der Waals surface area (Å²) in [5.41, 5.74) is -1.05. The SMILES string of the molecule is O=C1CCCCC1c1nc(N=C2Nc3c(F)cc(F)cc32)nc(-c2ccccc2C(F)(F)F)n1. The van der Waals surface area contributed by atoms with E-state index in [9.17, 15) is 26.7 Å². The molecule has 1 saturated carbocycles. The number of amidine groups is 1. The van der Waals surface area contributed by atoms with Gasteiger partial charge in [0.1, 0.15) is 29.1 Å². The molecule has 2 heterocycles. The van der Waals surface area contributed by atoms with E-state index in [0.29, 0.717) is 18.9 Å². The summed E-state index contributed by atoms with van der Waals surface area (Å²) in [5, 5.41) is 2.63. The Kier molecular flexibility index (Phi) is 5.34. The largest absolute Gasteiger partial charge is 0.417 e. The van der Waals surface area contributed by atoms with Gasteiger partial charge in [-0.3, -0.25) is 4.79 Å². The fourth-order valence-corrected chi connectivity index (χ4v) is 4.09. The molecule has 6 nitrogen and oxygen atoms in total. The van der Waals surface area contributed by atoms with Gasteiger partial charge in [-0.05, 0) is 25.0 Å². The highest BCUT2D eigenvalue weighted by molar-refractivity contribution is 6.21. The second-order valence-corrected chi connectivity index (χ2v) is 8.02. The van der Waals surface area contributed by atoms with E-state index in [0.717, 1.165) is 25.0 Å². The molecule has 0 bridgehead atoms. The van der Waals surface area contributed by atoms with Crippen molar-refractivity contribution in [1.29, 1.82) is 0 Å². The molecule has 1 aromatic heterocycles. The highest BCUT2D eigenvalue weighted by Gasteiger charge is 2.35. The number of alkyl halides is 3. The summed E-state index contributed by atoms with van der Waals surface area (Å²) in [6, 6.07) is 6.58. The van der Waals surface area contributed by atoms with E-state index in [1.165, 1.54) is 18.2 Å². The van der Waals surface area contributed by atoms with Crippen molar-refractivity contribution in [3.05, 3.63) is 65.0 Å². The first kappa shape index (κ1) is 22.1. The molecule has 0 amide bonds. The van der Waals surface area contributed by atoms with E-state index in [1.54, 1.807) is 0 Å². The number of aliphatic imine (C=N–C) groups is 1. The smallest absolute Gasteiger partial charge is 0.337 e. The number of halogens is 5. The highest BCUT2D eigenvalue weighted by atomic mass is 19.4. The van der Waals surface area contributed by atoms with Crippen molar-refractivity contribution >= 4 is 23.3 Å². The van der Waals surface area contributed by atoms with Gasteiger partial charge in [-0.1, -0.05) is 24.6 Å². The maximum atomic E-state index is 13.9. The van der Waals surface area contributed by atoms with Gasteiger partial charge in [0.15, 0.2) is 5.82 Å². The number of hydrogen-bond acceptors (Lipinski definition) is 5. The number of nitrogens with zero attached hydrogens (tertiary/aromatic N) is 4. The second-order valence-electron chi connectivity index (χ2n) is 8.02. The molecule has 11 heteroatoms. The van der Waals surface area contributed by atoms with Crippen LogP contribution >= 0.6 is 0 Å². The maximum Gasteiger partial charge on any atom is 0.417 e. The lowest BCUT2D eigenvalue weighted by molar-refractivity contribution is -0.137. The highest BCUT2D eigenvalue weighted by Crippen LogP contribution is 2.37. The molecule has 0 saturated heterocycles. The van der Waals surface area contributed by atoms with Gasteiger partial charge in [-0.15, -0.1) is 0 Å². The Hall–Kier alpha value is -3.76. The Morgan fingerprint density at radius 1 is 1.00 bits per heavy atom. The van der Waals surface area contributed by atoms with Crippen LogP contribution in [0.1, 0.15) is 48.6 Å². The molecule has 174 valence electrons. The van der Waals surface area contributed by atoms with Gasteiger partial charge in [-0.25, -0.2) is 13.8 Å². The number of nitrogens with one attached hydrogen (secondary N) is 1. The van der Waals surface area contributed by atoms with Crippen molar-refractivity contribution in [2.45, 2.75) is 37.8 Å². The fourth-order valence-electron chi connectivity index (χ4n) is 4.09. The predicted molar refractivity (Wildman–Crippen MR) is 113 cm³/mol. The number of fused-ring (bicyclic) bond motifs is 1. The minimum absolute atomic E-state index is 0.0241. The average Bonchev–Trinajstić information content (AvgIpc) is 2.79. The second kappa shape index (κ2) is 8.23. The molecule has 2 aromatic carbocycles. The van der Waals surface area contributed by atoms with Crippen molar-refractivity contribution in [3.8, 4) is 11.4 Å². The molecule has 34 heavy (non-hydrogen) atoms. The van der Waals surface area contributed by atoms with Crippen molar-refractivity contribution in [2.75, 3.05) is 5.32 Å². The van der Waals surface area contributed by atoms with Crippen LogP contribution in [0.25, 0.3) is 11.4 Å². The topological polar surface area (TPSA) is 80.1 Å². The zero-order chi connectivity index (χ0) is 24.0. The third-order valence-electron chi connectivity index (χ3n) is 5.75. The van der Waals surface area contributed by atoms with E-state index >= 15 is 0 Å². The first-order valence-electron chi connectivity index (χ1n) is 10.5. The summed E-state index contributed by atoms with van der Waals surface area (Å²) < 4.78 is 68.4. The maximum absolute atomic E-state index is 13.9. The van der Waals surface area contributed by atoms with Crippen molar-refractivity contribution in [3.63, 3.8) is 0 Å². The van der Waals surface area contributed by atoms with Crippen molar-refractivity contribution in [1.82, 2.24) is 15.0 Å². The molecule has 0 radical (unpaired) electrons. The number of Topliss-reactive ketones (excluding diaryl/α,β-unsaturated/α-hetero) is 1. The predicted octanol–water partition coefficient (Wildman–Crippen LogP) is 5.57. The van der Waals surface area contributed by atoms with Gasteiger partial charge in [0.25, 0.3) is 5.95 Å². The summed E-state index contributed by atoms with van der Waals surface area (Å²) in [6.07, 6.45) is -2.43. The lowest BCUT2D eigenvalue weighted by Crippen LogP contribution is -2.27. The Balaban J connectivity index is 1.65. The van der Waals surface area contributed by atoms with E-state index in [2.05, 4.69) is 25.3 Å². The zero-order valence-corrected chi connectivity index (χ0v) is 17.5. The Bertz CT molecular complexity index is 1340. The molecule has 1 aliphatic heterocycles. The molecule has 0 spiro atoms. The van der Waals surface area contributed by atoms with Crippen molar-refractivity contribution < 1.29 is 26.7 Å². The van der Waals surface area contributed by atoms with E-state index < -0.39 is 29.3 Å². The number of aromatic nitrogens is 3. The average molecular weight is 473 g/mol. The number of carbonyl (C=O) groups is 1. The van der Waals surface area contributed by atoms with Gasteiger partial charge in [0.2, 0.25) is 0 Å². The fraction of sp³-hybridized carbons (Fsp3) is 0.261. The Morgan fingerprint density at radius 3 is 2.56 bits per heavy atom. The van der Waals surface area contributed by atoms with Gasteiger partial charge >= 0.3 is 6.18 Å². The quantitative estimate of drug-likeness (QED) is 0.504. The molecule has 1 unspecified atom stereocenters. The molecule has 1 atom stereocenters. The summed E-state index contributed by atoms with van der Waals surface area (Å²) in [5.74, 6) is -2.90. The van der Waals surface area contributed by atoms with E-state index in [1.807, 2.05) is 0 Å². The van der Waals surface area contributed by atoms with Gasteiger partial charge in [0, 0.05) is 23.6 Å². The summed E-state index contributed by atoms with van der Waals surface area (Å²) >= 11 is 0. The lowest BCUT2D eigenvalue weighted by Gasteiger charge is -2.24. The third-order valence-corrected chi connectivity index (χ3v) is 5.75. The third kappa shape index (κ3) is 4.02. The Labute approximate surface area is 190 Å². The van der Waals surface area contributed by atoms with Gasteiger partial charge < -0.3 is 5.32 Å². The van der Waals surface area contributed by atoms with Crippen LogP contribution in [-0.4, -0.2) is 26.6 Å². The molecule has 5 rings (SSSR count). The Morgan fingerprint density at radius 2 is 1.79 bits per heavy atom. The van der Waals surface area contributed by atoms with Crippen molar-refractivity contribution in [2.24, 2.45) is 4.99 Å². The molecule has 1 fully saturated rings. The van der Waals surface area contributed by atoms with Gasteiger partial charge in [-0.2, -0.15) is 28.1 Å². The summed E-state index contributed by atoms with van der Waals surface area (Å²) in [7, 11) is 0. The normalized spacial score (nSPS) is 18.9. The van der Waals surface area contributed by atoms with Crippen LogP contribution in [0.3, 0.4) is 0 Å². The van der Waals surface area contributed by atoms with Crippen LogP contribution in [0.2, 0.25) is 0 Å². The lowest BCUT2D eigenvalue weighted by atomic mass is 9.87. The molecule has 1 aliphatic carbocycles. The molecule has 3 aromatic rings. The summed E-state index contributed by atoms with van der Waals surface area (Å²) in [6.45, 7) is 0. The minimum atomic E-state index is -4.67. The zero-order valence-electron chi connectivity index (χ0n) is 17.5. The van der Waals surface area contributed by atoms with Crippen LogP contribution < -0.4 is 5.32 Å². The first-order chi connectivity index (χ1) is 16.2. The molecule has 2 aliphatic rings. The van der Waals surface area contributed by atoms with Gasteiger partial charge in [0.05, 0.1) is 17.2 Å². The first-order valence-corrected chi connectivity index (χ1v) is 10.5. The van der Waals surface area contributed by atoms with E-state index in [4.69, 9.17) is 0 Å². The molecular formula is C23H16F5N5O.